The van der Waals surface area contributed by atoms with Gasteiger partial charge in [0.1, 0.15) is 0 Å². The first-order chi connectivity index (χ1) is 7.74. The van der Waals surface area contributed by atoms with Crippen LogP contribution < -0.4 is 9.47 Å². The number of aryl methyl sites for hydroxylation is 1. The van der Waals surface area contributed by atoms with Gasteiger partial charge in [-0.3, -0.25) is 0 Å². The number of hydrogen-bond acceptors (Lipinski definition) is 3. The Kier molecular flexibility index (Phi) is 3.71. The van der Waals surface area contributed by atoms with E-state index >= 15 is 0 Å². The van der Waals surface area contributed by atoms with E-state index in [1.165, 1.54) is 11.1 Å². The summed E-state index contributed by atoms with van der Waals surface area (Å²) >= 11 is 3.55. The molecule has 0 radical (unpaired) electrons. The van der Waals surface area contributed by atoms with E-state index in [0.717, 1.165) is 37.4 Å². The Balaban J connectivity index is 2.41. The van der Waals surface area contributed by atoms with E-state index in [1.54, 1.807) is 14.2 Å². The van der Waals surface area contributed by atoms with Crippen LogP contribution in [0.1, 0.15) is 17.5 Å². The van der Waals surface area contributed by atoms with Crippen molar-refractivity contribution >= 4 is 16.1 Å². The van der Waals surface area contributed by atoms with Gasteiger partial charge in [0, 0.05) is 29.2 Å². The smallest absolute Gasteiger partial charge is 0.161 e. The van der Waals surface area contributed by atoms with E-state index in [4.69, 9.17) is 9.47 Å². The molecule has 16 heavy (non-hydrogen) atoms. The average molecular weight is 286 g/mol. The molecule has 0 aliphatic carbocycles. The lowest BCUT2D eigenvalue weighted by Gasteiger charge is -2.14. The minimum absolute atomic E-state index is 0.809. The van der Waals surface area contributed by atoms with Crippen LogP contribution in [0.25, 0.3) is 0 Å². The van der Waals surface area contributed by atoms with E-state index in [1.807, 2.05) is 0 Å². The van der Waals surface area contributed by atoms with Crippen molar-refractivity contribution in [3.05, 3.63) is 23.3 Å². The normalized spacial score (nSPS) is 16.4. The maximum absolute atomic E-state index is 5.32. The molecule has 0 saturated carbocycles. The SMILES string of the molecule is COc1cc2c(cc1OC)CN(Br)CCC2. The third kappa shape index (κ3) is 2.33. The molecule has 1 aromatic rings. The van der Waals surface area contributed by atoms with Crippen LogP contribution in [0.15, 0.2) is 12.1 Å². The molecule has 0 fully saturated rings. The Morgan fingerprint density at radius 3 is 2.38 bits per heavy atom. The van der Waals surface area contributed by atoms with E-state index in [0.29, 0.717) is 0 Å². The molecule has 3 nitrogen and oxygen atoms in total. The van der Waals surface area contributed by atoms with Crippen molar-refractivity contribution in [2.45, 2.75) is 19.4 Å². The van der Waals surface area contributed by atoms with Gasteiger partial charge in [-0.1, -0.05) is 0 Å². The summed E-state index contributed by atoms with van der Waals surface area (Å²) in [5.74, 6) is 1.63. The van der Waals surface area contributed by atoms with Crippen LogP contribution in [-0.4, -0.2) is 24.7 Å². The lowest BCUT2D eigenvalue weighted by molar-refractivity contribution is 0.354. The van der Waals surface area contributed by atoms with E-state index in [9.17, 15) is 0 Å². The van der Waals surface area contributed by atoms with Gasteiger partial charge in [-0.2, -0.15) is 0 Å². The number of nitrogens with zero attached hydrogens (tertiary/aromatic N) is 1. The summed E-state index contributed by atoms with van der Waals surface area (Å²) in [5.41, 5.74) is 2.67. The van der Waals surface area contributed by atoms with Gasteiger partial charge in [0.15, 0.2) is 11.5 Å². The molecule has 1 aliphatic rings. The first kappa shape index (κ1) is 11.7. The molecule has 0 spiro atoms. The second kappa shape index (κ2) is 5.06. The fraction of sp³-hybridized carbons (Fsp3) is 0.500. The highest BCUT2D eigenvalue weighted by atomic mass is 79.9. The lowest BCUT2D eigenvalue weighted by Crippen LogP contribution is -2.10. The van der Waals surface area contributed by atoms with Crippen molar-refractivity contribution < 1.29 is 9.47 Å². The summed E-state index contributed by atoms with van der Waals surface area (Å²) in [4.78, 5) is 0. The molecular formula is C12H16BrNO2. The molecule has 0 atom stereocenters. The van der Waals surface area contributed by atoms with E-state index in [-0.39, 0.29) is 0 Å². The summed E-state index contributed by atoms with van der Waals surface area (Å²) in [6.45, 7) is 1.98. The van der Waals surface area contributed by atoms with Crippen molar-refractivity contribution in [3.8, 4) is 11.5 Å². The van der Waals surface area contributed by atoms with Crippen molar-refractivity contribution in [2.24, 2.45) is 0 Å². The zero-order valence-electron chi connectivity index (χ0n) is 9.62. The summed E-state index contributed by atoms with van der Waals surface area (Å²) in [7, 11) is 3.35. The molecule has 0 N–H and O–H groups in total. The Morgan fingerprint density at radius 2 is 1.75 bits per heavy atom. The van der Waals surface area contributed by atoms with Crippen molar-refractivity contribution in [1.29, 1.82) is 0 Å². The van der Waals surface area contributed by atoms with Gasteiger partial charge in [-0.05, 0) is 36.1 Å². The number of hydrogen-bond donors (Lipinski definition) is 0. The summed E-state index contributed by atoms with van der Waals surface area (Å²) in [6, 6.07) is 4.17. The van der Waals surface area contributed by atoms with Gasteiger partial charge in [0.25, 0.3) is 0 Å². The van der Waals surface area contributed by atoms with Gasteiger partial charge < -0.3 is 9.47 Å². The maximum atomic E-state index is 5.32. The van der Waals surface area contributed by atoms with Gasteiger partial charge in [0.05, 0.1) is 14.2 Å². The summed E-state index contributed by atoms with van der Waals surface area (Å²) in [6.07, 6.45) is 2.26. The summed E-state index contributed by atoms with van der Waals surface area (Å²) in [5, 5.41) is 0. The zero-order valence-corrected chi connectivity index (χ0v) is 11.2. The first-order valence-electron chi connectivity index (χ1n) is 5.39. The van der Waals surface area contributed by atoms with Crippen LogP contribution in [0.5, 0.6) is 11.5 Å². The first-order valence-corrected chi connectivity index (χ1v) is 6.10. The number of rotatable bonds is 2. The fourth-order valence-corrected chi connectivity index (χ4v) is 2.57. The van der Waals surface area contributed by atoms with Gasteiger partial charge in [-0.15, -0.1) is 0 Å². The highest BCUT2D eigenvalue weighted by molar-refractivity contribution is 9.07. The number of benzene rings is 1. The van der Waals surface area contributed by atoms with Crippen LogP contribution in [-0.2, 0) is 13.0 Å². The van der Waals surface area contributed by atoms with Crippen LogP contribution in [0.4, 0.5) is 0 Å². The Bertz CT molecular complexity index is 382. The third-order valence-electron chi connectivity index (χ3n) is 2.89. The lowest BCUT2D eigenvalue weighted by atomic mass is 10.0. The monoisotopic (exact) mass is 285 g/mol. The van der Waals surface area contributed by atoms with E-state index < -0.39 is 0 Å². The van der Waals surface area contributed by atoms with Crippen LogP contribution in [0, 0.1) is 0 Å². The van der Waals surface area contributed by atoms with Gasteiger partial charge in [-0.25, -0.2) is 3.93 Å². The van der Waals surface area contributed by atoms with Crippen molar-refractivity contribution in [1.82, 2.24) is 3.93 Å². The predicted octanol–water partition coefficient (Wildman–Crippen LogP) is 2.76. The molecule has 0 unspecified atom stereocenters. The van der Waals surface area contributed by atoms with Gasteiger partial charge >= 0.3 is 0 Å². The van der Waals surface area contributed by atoms with Crippen LogP contribution in [0.2, 0.25) is 0 Å². The Labute approximate surface area is 105 Å². The number of fused-ring (bicyclic) bond motifs is 1. The molecule has 88 valence electrons. The van der Waals surface area contributed by atoms with Gasteiger partial charge in [0.2, 0.25) is 0 Å². The second-order valence-corrected chi connectivity index (χ2v) is 4.93. The molecule has 0 saturated heterocycles. The predicted molar refractivity (Wildman–Crippen MR) is 67.2 cm³/mol. The molecule has 1 aromatic carbocycles. The van der Waals surface area contributed by atoms with Crippen molar-refractivity contribution in [3.63, 3.8) is 0 Å². The molecule has 0 aromatic heterocycles. The number of methoxy groups -OCH3 is 2. The van der Waals surface area contributed by atoms with E-state index in [2.05, 4.69) is 32.2 Å². The Hall–Kier alpha value is -0.740. The highest BCUT2D eigenvalue weighted by Gasteiger charge is 2.16. The maximum Gasteiger partial charge on any atom is 0.161 e. The number of halogens is 1. The van der Waals surface area contributed by atoms with Crippen molar-refractivity contribution in [2.75, 3.05) is 20.8 Å². The fourth-order valence-electron chi connectivity index (χ4n) is 2.05. The quantitative estimate of drug-likeness (QED) is 0.780. The second-order valence-electron chi connectivity index (χ2n) is 3.92. The zero-order chi connectivity index (χ0) is 11.5. The van der Waals surface area contributed by atoms with Crippen LogP contribution in [0.3, 0.4) is 0 Å². The minimum atomic E-state index is 0.809. The topological polar surface area (TPSA) is 21.7 Å². The minimum Gasteiger partial charge on any atom is -0.493 e. The summed E-state index contributed by atoms with van der Waals surface area (Å²) < 4.78 is 12.8. The third-order valence-corrected chi connectivity index (χ3v) is 3.50. The Morgan fingerprint density at radius 1 is 1.12 bits per heavy atom. The molecule has 0 bridgehead atoms. The average Bonchev–Trinajstić information content (AvgIpc) is 2.47. The molecule has 0 amide bonds. The molecule has 1 aliphatic heterocycles. The van der Waals surface area contributed by atoms with Crippen LogP contribution >= 0.6 is 16.1 Å². The molecule has 4 heteroatoms. The highest BCUT2D eigenvalue weighted by Crippen LogP contribution is 2.33. The molecular weight excluding hydrogens is 270 g/mol. The molecule has 2 rings (SSSR count). The largest absolute Gasteiger partial charge is 0.493 e. The standard InChI is InChI=1S/C12H16BrNO2/c1-15-11-6-9-4-3-5-14(13)8-10(9)7-12(11)16-2/h6-7H,3-5,8H2,1-2H3. The molecule has 1 heterocycles. The number of ether oxygens (including phenoxy) is 2.